The van der Waals surface area contributed by atoms with Gasteiger partial charge in [0, 0.05) is 5.41 Å². The van der Waals surface area contributed by atoms with Gasteiger partial charge >= 0.3 is 0 Å². The first-order valence-corrected chi connectivity index (χ1v) is 5.92. The summed E-state index contributed by atoms with van der Waals surface area (Å²) in [6.45, 7) is 4.26. The molecule has 4 rings (SSSR count). The Morgan fingerprint density at radius 2 is 2.20 bits per heavy atom. The molecule has 0 amide bonds. The molecular weight excluding hydrogens is 188 g/mol. The second-order valence-electron chi connectivity index (χ2n) is 5.97. The van der Waals surface area contributed by atoms with Crippen molar-refractivity contribution in [3.05, 3.63) is 12.2 Å². The van der Waals surface area contributed by atoms with E-state index in [9.17, 15) is 9.90 Å². The van der Waals surface area contributed by atoms with E-state index in [-0.39, 0.29) is 16.6 Å². The minimum absolute atomic E-state index is 0.0908. The number of Topliss-reactive ketones (excluding diaryl/α,β-unsaturated/α-hetero) is 1. The number of hydrogen-bond donors (Lipinski definition) is 1. The third-order valence-electron chi connectivity index (χ3n) is 5.11. The first kappa shape index (κ1) is 9.59. The lowest BCUT2D eigenvalue weighted by Gasteiger charge is -2.52. The summed E-state index contributed by atoms with van der Waals surface area (Å²) in [5.41, 5.74) is -0.585. The second kappa shape index (κ2) is 2.54. The van der Waals surface area contributed by atoms with Gasteiger partial charge in [0.15, 0.2) is 5.78 Å². The Bertz CT molecular complexity index is 360. The normalized spacial score (nSPS) is 57.3. The van der Waals surface area contributed by atoms with E-state index in [2.05, 4.69) is 19.1 Å². The Kier molecular flexibility index (Phi) is 1.62. The second-order valence-corrected chi connectivity index (χ2v) is 5.97. The van der Waals surface area contributed by atoms with Gasteiger partial charge in [0.25, 0.3) is 0 Å². The molecule has 0 unspecified atom stereocenters. The molecule has 4 aliphatic carbocycles. The maximum Gasteiger partial charge on any atom is 0.172 e. The quantitative estimate of drug-likeness (QED) is 0.615. The van der Waals surface area contributed by atoms with Crippen LogP contribution < -0.4 is 0 Å². The van der Waals surface area contributed by atoms with Crippen molar-refractivity contribution in [2.75, 3.05) is 0 Å². The third-order valence-corrected chi connectivity index (χ3v) is 5.11. The fourth-order valence-corrected chi connectivity index (χ4v) is 3.98. The van der Waals surface area contributed by atoms with Crippen LogP contribution in [0.15, 0.2) is 12.2 Å². The Morgan fingerprint density at radius 3 is 2.93 bits per heavy atom. The van der Waals surface area contributed by atoms with Gasteiger partial charge in [0.2, 0.25) is 0 Å². The zero-order valence-electron chi connectivity index (χ0n) is 9.36. The lowest BCUT2D eigenvalue weighted by molar-refractivity contribution is -0.153. The Labute approximate surface area is 90.4 Å². The fourth-order valence-electron chi connectivity index (χ4n) is 3.98. The summed E-state index contributed by atoms with van der Waals surface area (Å²) >= 11 is 0. The fraction of sp³-hybridized carbons (Fsp3) is 0.769. The van der Waals surface area contributed by atoms with E-state index in [1.165, 1.54) is 0 Å². The molecule has 2 bridgehead atoms. The van der Waals surface area contributed by atoms with Crippen molar-refractivity contribution in [1.29, 1.82) is 0 Å². The number of carbonyl (C=O) groups is 1. The van der Waals surface area contributed by atoms with Crippen LogP contribution in [-0.2, 0) is 4.79 Å². The van der Waals surface area contributed by atoms with E-state index in [1.54, 1.807) is 0 Å². The topological polar surface area (TPSA) is 37.3 Å². The zero-order chi connectivity index (χ0) is 10.8. The summed E-state index contributed by atoms with van der Waals surface area (Å²) in [6, 6.07) is 0. The van der Waals surface area contributed by atoms with E-state index in [0.717, 1.165) is 19.3 Å². The van der Waals surface area contributed by atoms with Gasteiger partial charge in [0.1, 0.15) is 6.10 Å². The smallest absolute Gasteiger partial charge is 0.172 e. The van der Waals surface area contributed by atoms with Crippen molar-refractivity contribution in [2.45, 2.75) is 39.2 Å². The van der Waals surface area contributed by atoms with Crippen LogP contribution in [0, 0.1) is 22.7 Å². The van der Waals surface area contributed by atoms with Crippen molar-refractivity contribution in [1.82, 2.24) is 0 Å². The molecule has 0 aromatic heterocycles. The molecule has 0 aromatic rings. The van der Waals surface area contributed by atoms with Crippen molar-refractivity contribution in [3.63, 3.8) is 0 Å². The summed E-state index contributed by atoms with van der Waals surface area (Å²) in [4.78, 5) is 12.2. The molecule has 2 fully saturated rings. The van der Waals surface area contributed by atoms with Crippen LogP contribution in [0.2, 0.25) is 0 Å². The predicted molar refractivity (Wildman–Crippen MR) is 57.2 cm³/mol. The highest BCUT2D eigenvalue weighted by atomic mass is 16.3. The molecule has 0 aliphatic heterocycles. The number of rotatable bonds is 0. The van der Waals surface area contributed by atoms with Crippen LogP contribution in [0.3, 0.4) is 0 Å². The van der Waals surface area contributed by atoms with E-state index >= 15 is 0 Å². The molecule has 1 N–H and O–H groups in total. The van der Waals surface area contributed by atoms with Crippen LogP contribution in [-0.4, -0.2) is 17.0 Å². The molecule has 5 atom stereocenters. The molecule has 0 aromatic carbocycles. The number of ketones is 1. The molecule has 0 saturated heterocycles. The monoisotopic (exact) mass is 206 g/mol. The molecule has 2 heteroatoms. The maximum absolute atomic E-state index is 12.2. The number of aliphatic hydroxyl groups excluding tert-OH is 1. The largest absolute Gasteiger partial charge is 0.384 e. The standard InChI is InChI=1S/C13H18O2/c1-8-3-4-13-6-5-12(2,7-9(8)13)10(14)11(13)15/h5-6,8-10,14H,3-4,7H2,1-2H3/t8-,9+,10-,12+,13-/m1/s1. The SMILES string of the molecule is C[C@@H]1CC[C@@]23C=C[C@@](C)(C[C@@H]12)[C@H](O)C3=O. The zero-order valence-corrected chi connectivity index (χ0v) is 9.36. The van der Waals surface area contributed by atoms with Crippen LogP contribution in [0.5, 0.6) is 0 Å². The third kappa shape index (κ3) is 0.919. The minimum atomic E-state index is -0.760. The lowest BCUT2D eigenvalue weighted by Crippen LogP contribution is -2.57. The average Bonchev–Trinajstić information content (AvgIpc) is 2.54. The van der Waals surface area contributed by atoms with Crippen molar-refractivity contribution < 1.29 is 9.90 Å². The van der Waals surface area contributed by atoms with Crippen molar-refractivity contribution in [2.24, 2.45) is 22.7 Å². The van der Waals surface area contributed by atoms with Crippen LogP contribution in [0.1, 0.15) is 33.1 Å². The van der Waals surface area contributed by atoms with Crippen LogP contribution in [0.25, 0.3) is 0 Å². The van der Waals surface area contributed by atoms with Crippen LogP contribution in [0.4, 0.5) is 0 Å². The molecule has 0 heterocycles. The summed E-state index contributed by atoms with van der Waals surface area (Å²) in [7, 11) is 0. The summed E-state index contributed by atoms with van der Waals surface area (Å²) < 4.78 is 0. The number of allylic oxidation sites excluding steroid dienone is 1. The van der Waals surface area contributed by atoms with Gasteiger partial charge in [-0.05, 0) is 31.1 Å². The lowest BCUT2D eigenvalue weighted by atomic mass is 9.52. The Balaban J connectivity index is 2.15. The minimum Gasteiger partial charge on any atom is -0.384 e. The summed E-state index contributed by atoms with van der Waals surface area (Å²) in [5, 5.41) is 10.1. The predicted octanol–water partition coefficient (Wildman–Crippen LogP) is 1.93. The summed E-state index contributed by atoms with van der Waals surface area (Å²) in [6.07, 6.45) is 6.50. The highest BCUT2D eigenvalue weighted by Gasteiger charge is 2.62. The molecular formula is C13H18O2. The maximum atomic E-state index is 12.2. The van der Waals surface area contributed by atoms with Gasteiger partial charge in [0.05, 0.1) is 5.41 Å². The van der Waals surface area contributed by atoms with Crippen molar-refractivity contribution >= 4 is 5.78 Å². The molecule has 0 radical (unpaired) electrons. The number of aliphatic hydroxyl groups is 1. The van der Waals surface area contributed by atoms with Gasteiger partial charge in [-0.1, -0.05) is 26.0 Å². The van der Waals surface area contributed by atoms with Gasteiger partial charge in [-0.2, -0.15) is 0 Å². The van der Waals surface area contributed by atoms with E-state index in [0.29, 0.717) is 11.8 Å². The van der Waals surface area contributed by atoms with E-state index < -0.39 is 6.10 Å². The highest BCUT2D eigenvalue weighted by Crippen LogP contribution is 2.61. The highest BCUT2D eigenvalue weighted by molar-refractivity contribution is 5.94. The number of carbonyl (C=O) groups excluding carboxylic acids is 1. The summed E-state index contributed by atoms with van der Waals surface area (Å²) in [5.74, 6) is 1.20. The number of hydrogen-bond acceptors (Lipinski definition) is 2. The molecule has 2 nitrogen and oxygen atoms in total. The first-order chi connectivity index (χ1) is 7.00. The number of fused-ring (bicyclic) bond motifs is 1. The van der Waals surface area contributed by atoms with Crippen LogP contribution >= 0.6 is 0 Å². The van der Waals surface area contributed by atoms with E-state index in [1.807, 2.05) is 6.92 Å². The molecule has 4 aliphatic rings. The average molecular weight is 206 g/mol. The molecule has 15 heavy (non-hydrogen) atoms. The molecule has 82 valence electrons. The molecule has 1 spiro atoms. The van der Waals surface area contributed by atoms with Crippen molar-refractivity contribution in [3.8, 4) is 0 Å². The van der Waals surface area contributed by atoms with Gasteiger partial charge in [-0.25, -0.2) is 0 Å². The van der Waals surface area contributed by atoms with Gasteiger partial charge in [-0.15, -0.1) is 0 Å². The Morgan fingerprint density at radius 1 is 1.47 bits per heavy atom. The van der Waals surface area contributed by atoms with E-state index in [4.69, 9.17) is 0 Å². The molecule has 2 saturated carbocycles. The Hall–Kier alpha value is -0.630. The van der Waals surface area contributed by atoms with Gasteiger partial charge in [-0.3, -0.25) is 4.79 Å². The van der Waals surface area contributed by atoms with Gasteiger partial charge < -0.3 is 5.11 Å². The first-order valence-electron chi connectivity index (χ1n) is 5.92.